The van der Waals surface area contributed by atoms with Gasteiger partial charge in [-0.1, -0.05) is 62.2 Å². The fourth-order valence-electron chi connectivity index (χ4n) is 2.46. The van der Waals surface area contributed by atoms with E-state index in [2.05, 4.69) is 81.2 Å². The molecule has 106 valence electrons. The summed E-state index contributed by atoms with van der Waals surface area (Å²) in [5, 5.41) is 1.19. The lowest BCUT2D eigenvalue weighted by Gasteiger charge is -2.13. The van der Waals surface area contributed by atoms with Crippen molar-refractivity contribution in [3.63, 3.8) is 0 Å². The van der Waals surface area contributed by atoms with Crippen molar-refractivity contribution in [1.29, 1.82) is 0 Å². The number of fused-ring (bicyclic) bond motifs is 1. The number of aromatic nitrogens is 1. The molecule has 0 radical (unpaired) electrons. The van der Waals surface area contributed by atoms with Crippen molar-refractivity contribution in [1.82, 2.24) is 4.98 Å². The standard InChI is InChI=1S/C18H15Br2N/c1-12-6-8-14(19)10-16(12)17(20)11-15-9-7-13-4-2-3-5-18(13)21-15/h2-10,17H,11H2,1H3. The molecule has 2 aromatic carbocycles. The van der Waals surface area contributed by atoms with Crippen LogP contribution in [0.5, 0.6) is 0 Å². The van der Waals surface area contributed by atoms with Crippen molar-refractivity contribution in [3.05, 3.63) is 75.9 Å². The molecule has 1 nitrogen and oxygen atoms in total. The van der Waals surface area contributed by atoms with Crippen molar-refractivity contribution in [2.24, 2.45) is 0 Å². The van der Waals surface area contributed by atoms with E-state index in [4.69, 9.17) is 4.98 Å². The van der Waals surface area contributed by atoms with E-state index < -0.39 is 0 Å². The Hall–Kier alpha value is -1.19. The number of aryl methyl sites for hydroxylation is 1. The zero-order chi connectivity index (χ0) is 14.8. The first-order valence-corrected chi connectivity index (χ1v) is 8.59. The van der Waals surface area contributed by atoms with E-state index in [1.54, 1.807) is 0 Å². The van der Waals surface area contributed by atoms with Crippen LogP contribution in [0.15, 0.2) is 59.1 Å². The first kappa shape index (κ1) is 14.7. The van der Waals surface area contributed by atoms with Gasteiger partial charge < -0.3 is 0 Å². The third-order valence-electron chi connectivity index (χ3n) is 3.62. The second-order valence-electron chi connectivity index (χ2n) is 5.17. The Morgan fingerprint density at radius 2 is 1.86 bits per heavy atom. The van der Waals surface area contributed by atoms with Crippen LogP contribution in [0.1, 0.15) is 21.6 Å². The highest BCUT2D eigenvalue weighted by molar-refractivity contribution is 9.10. The highest BCUT2D eigenvalue weighted by Gasteiger charge is 2.12. The molecule has 1 atom stereocenters. The lowest BCUT2D eigenvalue weighted by Crippen LogP contribution is -2.00. The largest absolute Gasteiger partial charge is 0.253 e. The minimum atomic E-state index is 0.267. The number of para-hydroxylation sites is 1. The monoisotopic (exact) mass is 403 g/mol. The summed E-state index contributed by atoms with van der Waals surface area (Å²) in [4.78, 5) is 5.02. The molecule has 0 bridgehead atoms. The predicted octanol–water partition coefficient (Wildman–Crippen LogP) is 5.98. The van der Waals surface area contributed by atoms with Crippen LogP contribution < -0.4 is 0 Å². The number of pyridine rings is 1. The Labute approximate surface area is 141 Å². The third kappa shape index (κ3) is 3.35. The van der Waals surface area contributed by atoms with Crippen LogP contribution in [-0.2, 0) is 6.42 Å². The van der Waals surface area contributed by atoms with Gasteiger partial charge in [0.25, 0.3) is 0 Å². The molecule has 0 N–H and O–H groups in total. The van der Waals surface area contributed by atoms with Crippen molar-refractivity contribution >= 4 is 42.8 Å². The Morgan fingerprint density at radius 1 is 1.05 bits per heavy atom. The molecule has 3 aromatic rings. The number of hydrogen-bond acceptors (Lipinski definition) is 1. The molecule has 0 aliphatic heterocycles. The maximum atomic E-state index is 4.75. The number of rotatable bonds is 3. The van der Waals surface area contributed by atoms with Crippen molar-refractivity contribution in [2.75, 3.05) is 0 Å². The Kier molecular flexibility index (Phi) is 4.41. The molecule has 3 rings (SSSR count). The van der Waals surface area contributed by atoms with Gasteiger partial charge in [0.2, 0.25) is 0 Å². The smallest absolute Gasteiger partial charge is 0.0705 e. The Bertz CT molecular complexity index is 783. The number of hydrogen-bond donors (Lipinski definition) is 0. The molecule has 0 amide bonds. The second-order valence-corrected chi connectivity index (χ2v) is 7.19. The van der Waals surface area contributed by atoms with Gasteiger partial charge in [-0.2, -0.15) is 0 Å². The highest BCUT2D eigenvalue weighted by atomic mass is 79.9. The Morgan fingerprint density at radius 3 is 2.71 bits per heavy atom. The summed E-state index contributed by atoms with van der Waals surface area (Å²) in [5.74, 6) is 0. The van der Waals surface area contributed by atoms with Gasteiger partial charge >= 0.3 is 0 Å². The van der Waals surface area contributed by atoms with Gasteiger partial charge in [0.05, 0.1) is 5.52 Å². The van der Waals surface area contributed by atoms with E-state index >= 15 is 0 Å². The van der Waals surface area contributed by atoms with Gasteiger partial charge in [0, 0.05) is 26.8 Å². The van der Waals surface area contributed by atoms with Gasteiger partial charge in [0.1, 0.15) is 0 Å². The van der Waals surface area contributed by atoms with Crippen LogP contribution in [0.4, 0.5) is 0 Å². The third-order valence-corrected chi connectivity index (χ3v) is 4.93. The van der Waals surface area contributed by atoms with Gasteiger partial charge in [-0.05, 0) is 42.3 Å². The molecule has 0 aliphatic rings. The summed E-state index contributed by atoms with van der Waals surface area (Å²) in [6.45, 7) is 2.14. The molecule has 3 heteroatoms. The van der Waals surface area contributed by atoms with E-state index in [0.29, 0.717) is 0 Å². The molecule has 0 saturated heterocycles. The summed E-state index contributed by atoms with van der Waals surface area (Å²) in [5.41, 5.74) is 4.76. The lowest BCUT2D eigenvalue weighted by atomic mass is 10.0. The topological polar surface area (TPSA) is 12.9 Å². The quantitative estimate of drug-likeness (QED) is 0.489. The van der Waals surface area contributed by atoms with Gasteiger partial charge in [-0.15, -0.1) is 0 Å². The van der Waals surface area contributed by atoms with Crippen LogP contribution in [0.25, 0.3) is 10.9 Å². The summed E-state index contributed by atoms with van der Waals surface area (Å²) in [7, 11) is 0. The molecule has 0 aliphatic carbocycles. The maximum absolute atomic E-state index is 4.75. The number of benzene rings is 2. The normalized spacial score (nSPS) is 12.5. The fraction of sp³-hybridized carbons (Fsp3) is 0.167. The molecule has 1 heterocycles. The summed E-state index contributed by atoms with van der Waals surface area (Å²) >= 11 is 7.36. The number of halogens is 2. The first-order chi connectivity index (χ1) is 10.1. The fourth-order valence-corrected chi connectivity index (χ4v) is 3.67. The SMILES string of the molecule is Cc1ccc(Br)cc1C(Br)Cc1ccc2ccccc2n1. The number of nitrogens with zero attached hydrogens (tertiary/aromatic N) is 1. The van der Waals surface area contributed by atoms with Crippen LogP contribution in [0.3, 0.4) is 0 Å². The van der Waals surface area contributed by atoms with Crippen molar-refractivity contribution in [2.45, 2.75) is 18.2 Å². The molecular formula is C18H15Br2N. The van der Waals surface area contributed by atoms with E-state index in [1.165, 1.54) is 16.5 Å². The predicted molar refractivity (Wildman–Crippen MR) is 96.0 cm³/mol. The first-order valence-electron chi connectivity index (χ1n) is 6.88. The second kappa shape index (κ2) is 6.29. The maximum Gasteiger partial charge on any atom is 0.0705 e. The summed E-state index contributed by atoms with van der Waals surface area (Å²) in [6.07, 6.45) is 0.877. The molecule has 0 saturated carbocycles. The minimum Gasteiger partial charge on any atom is -0.253 e. The van der Waals surface area contributed by atoms with Gasteiger partial charge in [-0.25, -0.2) is 0 Å². The molecule has 21 heavy (non-hydrogen) atoms. The average Bonchev–Trinajstić information content (AvgIpc) is 2.49. The van der Waals surface area contributed by atoms with E-state index in [9.17, 15) is 0 Å². The van der Waals surface area contributed by atoms with Gasteiger partial charge in [0.15, 0.2) is 0 Å². The zero-order valence-corrected chi connectivity index (χ0v) is 14.9. The van der Waals surface area contributed by atoms with E-state index in [-0.39, 0.29) is 4.83 Å². The molecular weight excluding hydrogens is 390 g/mol. The van der Waals surface area contributed by atoms with Crippen LogP contribution >= 0.6 is 31.9 Å². The van der Waals surface area contributed by atoms with Crippen LogP contribution in [0.2, 0.25) is 0 Å². The molecule has 0 spiro atoms. The van der Waals surface area contributed by atoms with E-state index in [0.717, 1.165) is 22.1 Å². The highest BCUT2D eigenvalue weighted by Crippen LogP contribution is 2.31. The average molecular weight is 405 g/mol. The van der Waals surface area contributed by atoms with Gasteiger partial charge in [-0.3, -0.25) is 4.98 Å². The molecule has 0 fully saturated rings. The summed E-state index contributed by atoms with van der Waals surface area (Å²) < 4.78 is 1.11. The molecule has 1 unspecified atom stereocenters. The van der Waals surface area contributed by atoms with E-state index in [1.807, 2.05) is 12.1 Å². The lowest BCUT2D eigenvalue weighted by molar-refractivity contribution is 0.904. The minimum absolute atomic E-state index is 0.267. The zero-order valence-electron chi connectivity index (χ0n) is 11.7. The summed E-state index contributed by atoms with van der Waals surface area (Å²) in [6, 6.07) is 18.9. The molecule has 1 aromatic heterocycles. The van der Waals surface area contributed by atoms with Crippen molar-refractivity contribution in [3.8, 4) is 0 Å². The van der Waals surface area contributed by atoms with Crippen LogP contribution in [-0.4, -0.2) is 4.98 Å². The van der Waals surface area contributed by atoms with Crippen molar-refractivity contribution < 1.29 is 0 Å². The van der Waals surface area contributed by atoms with Crippen LogP contribution in [0, 0.1) is 6.92 Å². The number of alkyl halides is 1. The Balaban J connectivity index is 1.88.